The van der Waals surface area contributed by atoms with E-state index in [0.717, 1.165) is 12.0 Å². The first-order valence-corrected chi connectivity index (χ1v) is 6.90. The zero-order valence-electron chi connectivity index (χ0n) is 8.21. The van der Waals surface area contributed by atoms with Crippen molar-refractivity contribution in [2.45, 2.75) is 12.2 Å². The lowest BCUT2D eigenvalue weighted by atomic mass is 10.2. The number of halogens is 2. The fourth-order valence-corrected chi connectivity index (χ4v) is 2.88. The number of rotatable bonds is 5. The molecule has 0 aliphatic rings. The fourth-order valence-electron chi connectivity index (χ4n) is 1.20. The fraction of sp³-hybridized carbons (Fsp3) is 0.400. The van der Waals surface area contributed by atoms with E-state index in [-0.39, 0.29) is 5.82 Å². The number of nitrogens with two attached hydrogens (primary N) is 1. The average Bonchev–Trinajstić information content (AvgIpc) is 2.13. The SMILES string of the molecule is NCCCS(=O)Cc1cc(F)cc(Br)c1. The maximum atomic E-state index is 13.0. The van der Waals surface area contributed by atoms with E-state index in [4.69, 9.17) is 5.73 Å². The number of hydrogen-bond acceptors (Lipinski definition) is 2. The standard InChI is InChI=1S/C10H13BrFNOS/c11-9-4-8(5-10(12)6-9)7-15(14)3-1-2-13/h4-6H,1-3,7,13H2. The Bertz CT molecular complexity index is 339. The third-order valence-electron chi connectivity index (χ3n) is 1.83. The summed E-state index contributed by atoms with van der Waals surface area (Å²) in [6.45, 7) is 0.540. The molecule has 0 heterocycles. The summed E-state index contributed by atoms with van der Waals surface area (Å²) in [7, 11) is -0.955. The first-order valence-electron chi connectivity index (χ1n) is 4.62. The van der Waals surface area contributed by atoms with Gasteiger partial charge in [-0.25, -0.2) is 4.39 Å². The van der Waals surface area contributed by atoms with Gasteiger partial charge in [0, 0.05) is 26.8 Å². The molecular formula is C10H13BrFNOS. The normalized spacial score (nSPS) is 12.7. The zero-order valence-corrected chi connectivity index (χ0v) is 10.6. The van der Waals surface area contributed by atoms with E-state index in [0.29, 0.717) is 22.5 Å². The molecule has 0 aliphatic carbocycles. The van der Waals surface area contributed by atoms with Gasteiger partial charge in [-0.3, -0.25) is 4.21 Å². The van der Waals surface area contributed by atoms with E-state index in [9.17, 15) is 8.60 Å². The molecule has 1 rings (SSSR count). The summed E-state index contributed by atoms with van der Waals surface area (Å²) in [6, 6.07) is 4.57. The van der Waals surface area contributed by atoms with Gasteiger partial charge in [0.15, 0.2) is 0 Å². The minimum atomic E-state index is -0.955. The second-order valence-electron chi connectivity index (χ2n) is 3.21. The van der Waals surface area contributed by atoms with Gasteiger partial charge in [-0.15, -0.1) is 0 Å². The van der Waals surface area contributed by atoms with E-state index >= 15 is 0 Å². The predicted octanol–water partition coefficient (Wildman–Crippen LogP) is 2.19. The predicted molar refractivity (Wildman–Crippen MR) is 64.5 cm³/mol. The van der Waals surface area contributed by atoms with Crippen molar-refractivity contribution in [1.29, 1.82) is 0 Å². The van der Waals surface area contributed by atoms with Crippen LogP contribution in [0.15, 0.2) is 22.7 Å². The van der Waals surface area contributed by atoms with Crippen LogP contribution in [0.25, 0.3) is 0 Å². The lowest BCUT2D eigenvalue weighted by molar-refractivity contribution is 0.625. The van der Waals surface area contributed by atoms with E-state index in [1.807, 2.05) is 0 Å². The maximum absolute atomic E-state index is 13.0. The highest BCUT2D eigenvalue weighted by Gasteiger charge is 2.04. The molecule has 1 aromatic rings. The molecule has 15 heavy (non-hydrogen) atoms. The van der Waals surface area contributed by atoms with Crippen LogP contribution in [-0.2, 0) is 16.6 Å². The number of hydrogen-bond donors (Lipinski definition) is 1. The van der Waals surface area contributed by atoms with Crippen molar-refractivity contribution in [2.24, 2.45) is 5.73 Å². The van der Waals surface area contributed by atoms with Crippen LogP contribution in [0.3, 0.4) is 0 Å². The molecule has 0 saturated carbocycles. The summed E-state index contributed by atoms with van der Waals surface area (Å²) in [5, 5.41) is 0. The van der Waals surface area contributed by atoms with Gasteiger partial charge in [0.25, 0.3) is 0 Å². The molecule has 0 spiro atoms. The average molecular weight is 294 g/mol. The first-order chi connectivity index (χ1) is 7.11. The Morgan fingerprint density at radius 2 is 2.13 bits per heavy atom. The highest BCUT2D eigenvalue weighted by atomic mass is 79.9. The lowest BCUT2D eigenvalue weighted by Gasteiger charge is -2.03. The highest BCUT2D eigenvalue weighted by molar-refractivity contribution is 9.10. The van der Waals surface area contributed by atoms with Gasteiger partial charge >= 0.3 is 0 Å². The molecule has 2 nitrogen and oxygen atoms in total. The zero-order chi connectivity index (χ0) is 11.3. The third kappa shape index (κ3) is 4.86. The largest absolute Gasteiger partial charge is 0.330 e. The topological polar surface area (TPSA) is 43.1 Å². The van der Waals surface area contributed by atoms with Crippen molar-refractivity contribution in [2.75, 3.05) is 12.3 Å². The Morgan fingerprint density at radius 3 is 2.73 bits per heavy atom. The third-order valence-corrected chi connectivity index (χ3v) is 3.68. The number of benzene rings is 1. The maximum Gasteiger partial charge on any atom is 0.124 e. The molecule has 84 valence electrons. The van der Waals surface area contributed by atoms with Crippen LogP contribution in [0, 0.1) is 5.82 Å². The molecule has 0 amide bonds. The molecule has 1 unspecified atom stereocenters. The first kappa shape index (κ1) is 12.8. The van der Waals surface area contributed by atoms with E-state index in [2.05, 4.69) is 15.9 Å². The molecule has 0 saturated heterocycles. The van der Waals surface area contributed by atoms with Crippen LogP contribution >= 0.6 is 15.9 Å². The van der Waals surface area contributed by atoms with Gasteiger partial charge in [-0.1, -0.05) is 15.9 Å². The van der Waals surface area contributed by atoms with Crippen molar-refractivity contribution in [3.63, 3.8) is 0 Å². The van der Waals surface area contributed by atoms with Crippen molar-refractivity contribution in [1.82, 2.24) is 0 Å². The Labute approximate surface area is 99.6 Å². The van der Waals surface area contributed by atoms with Crippen LogP contribution in [0.2, 0.25) is 0 Å². The van der Waals surface area contributed by atoms with Crippen molar-refractivity contribution in [3.8, 4) is 0 Å². The summed E-state index contributed by atoms with van der Waals surface area (Å²) in [6.07, 6.45) is 0.739. The second kappa shape index (κ2) is 6.35. The molecule has 0 radical (unpaired) electrons. The van der Waals surface area contributed by atoms with Gasteiger partial charge in [0.05, 0.1) is 0 Å². The summed E-state index contributed by atoms with van der Waals surface area (Å²) in [4.78, 5) is 0. The van der Waals surface area contributed by atoms with Gasteiger partial charge in [0.2, 0.25) is 0 Å². The van der Waals surface area contributed by atoms with Gasteiger partial charge in [-0.2, -0.15) is 0 Å². The molecule has 0 fully saturated rings. The van der Waals surface area contributed by atoms with Gasteiger partial charge in [0.1, 0.15) is 5.82 Å². The van der Waals surface area contributed by atoms with Crippen molar-refractivity contribution >= 4 is 26.7 Å². The molecule has 2 N–H and O–H groups in total. The molecule has 0 aliphatic heterocycles. The van der Waals surface area contributed by atoms with Crippen LogP contribution in [-0.4, -0.2) is 16.5 Å². The second-order valence-corrected chi connectivity index (χ2v) is 5.70. The Balaban J connectivity index is 2.60. The van der Waals surface area contributed by atoms with Crippen LogP contribution in [0.1, 0.15) is 12.0 Å². The minimum Gasteiger partial charge on any atom is -0.330 e. The van der Waals surface area contributed by atoms with E-state index in [1.54, 1.807) is 6.07 Å². The Kier molecular flexibility index (Phi) is 5.42. The Hall–Kier alpha value is -0.260. The molecule has 1 aromatic carbocycles. The van der Waals surface area contributed by atoms with Gasteiger partial charge < -0.3 is 5.73 Å². The molecule has 5 heteroatoms. The smallest absolute Gasteiger partial charge is 0.124 e. The molecule has 0 bridgehead atoms. The summed E-state index contributed by atoms with van der Waals surface area (Å²) >= 11 is 3.20. The van der Waals surface area contributed by atoms with Gasteiger partial charge in [-0.05, 0) is 36.7 Å². The molecule has 1 atom stereocenters. The summed E-state index contributed by atoms with van der Waals surface area (Å²) in [5.41, 5.74) is 6.06. The quantitative estimate of drug-likeness (QED) is 0.904. The molecular weight excluding hydrogens is 281 g/mol. The monoisotopic (exact) mass is 293 g/mol. The van der Waals surface area contributed by atoms with E-state index in [1.165, 1.54) is 12.1 Å². The summed E-state index contributed by atoms with van der Waals surface area (Å²) in [5.74, 6) is 0.649. The van der Waals surface area contributed by atoms with Crippen LogP contribution < -0.4 is 5.73 Å². The lowest BCUT2D eigenvalue weighted by Crippen LogP contribution is -2.07. The Morgan fingerprint density at radius 1 is 1.40 bits per heavy atom. The van der Waals surface area contributed by atoms with Crippen LogP contribution in [0.5, 0.6) is 0 Å². The van der Waals surface area contributed by atoms with Crippen LogP contribution in [0.4, 0.5) is 4.39 Å². The van der Waals surface area contributed by atoms with E-state index < -0.39 is 10.8 Å². The highest BCUT2D eigenvalue weighted by Crippen LogP contribution is 2.16. The minimum absolute atomic E-state index is 0.310. The summed E-state index contributed by atoms with van der Waals surface area (Å²) < 4.78 is 25.2. The molecule has 0 aromatic heterocycles. The van der Waals surface area contributed by atoms with Crippen molar-refractivity contribution in [3.05, 3.63) is 34.1 Å². The van der Waals surface area contributed by atoms with Crippen molar-refractivity contribution < 1.29 is 8.60 Å².